The summed E-state index contributed by atoms with van der Waals surface area (Å²) < 4.78 is 0. The highest BCUT2D eigenvalue weighted by Crippen LogP contribution is 2.22. The molecule has 0 N–H and O–H groups in total. The van der Waals surface area contributed by atoms with Gasteiger partial charge in [0.2, 0.25) is 5.24 Å². The minimum atomic E-state index is -0.480. The summed E-state index contributed by atoms with van der Waals surface area (Å²) in [4.78, 5) is 13.4. The Bertz CT molecular complexity index is 183. The average Bonchev–Trinajstić information content (AvgIpc) is 2.31. The molecule has 0 spiro atoms. The van der Waals surface area contributed by atoms with Crippen molar-refractivity contribution in [1.82, 2.24) is 4.90 Å². The van der Waals surface area contributed by atoms with Crippen molar-refractivity contribution in [2.45, 2.75) is 45.1 Å². The highest BCUT2D eigenvalue weighted by Gasteiger charge is 2.33. The maximum atomic E-state index is 11.2. The van der Waals surface area contributed by atoms with E-state index in [2.05, 4.69) is 4.90 Å². The molecule has 0 bridgehead atoms. The summed E-state index contributed by atoms with van der Waals surface area (Å²) in [6.45, 7) is 5.83. The van der Waals surface area contributed by atoms with Crippen molar-refractivity contribution in [2.24, 2.45) is 0 Å². The Kier molecular flexibility index (Phi) is 3.74. The topological polar surface area (TPSA) is 20.3 Å². The molecule has 0 aliphatic carbocycles. The molecule has 0 aromatic carbocycles. The lowest BCUT2D eigenvalue weighted by molar-refractivity contribution is -0.121. The monoisotopic (exact) mass is 203 g/mol. The van der Waals surface area contributed by atoms with E-state index in [-0.39, 0.29) is 5.24 Å². The molecule has 1 heterocycles. The Morgan fingerprint density at radius 2 is 1.62 bits per heavy atom. The van der Waals surface area contributed by atoms with Gasteiger partial charge >= 0.3 is 0 Å². The van der Waals surface area contributed by atoms with Gasteiger partial charge in [-0.25, -0.2) is 0 Å². The van der Waals surface area contributed by atoms with Gasteiger partial charge in [-0.2, -0.15) is 0 Å². The second kappa shape index (κ2) is 4.43. The second-order valence-corrected chi connectivity index (χ2v) is 4.58. The van der Waals surface area contributed by atoms with Crippen LogP contribution in [0.5, 0.6) is 0 Å². The number of halogens is 1. The third-order valence-corrected chi connectivity index (χ3v) is 3.34. The first-order valence-electron chi connectivity index (χ1n) is 5.00. The number of rotatable bonds is 2. The van der Waals surface area contributed by atoms with Crippen LogP contribution in [0.1, 0.15) is 39.5 Å². The van der Waals surface area contributed by atoms with Crippen LogP contribution in [-0.4, -0.2) is 28.8 Å². The molecule has 13 heavy (non-hydrogen) atoms. The summed E-state index contributed by atoms with van der Waals surface area (Å²) in [6.07, 6.45) is 4.94. The summed E-state index contributed by atoms with van der Waals surface area (Å²) in [5.41, 5.74) is -0.480. The lowest BCUT2D eigenvalue weighted by Crippen LogP contribution is -2.48. The SMILES string of the molecule is CC(C)(C(=O)Cl)N1CCCCCC1. The van der Waals surface area contributed by atoms with Gasteiger partial charge in [0.05, 0.1) is 5.54 Å². The van der Waals surface area contributed by atoms with Crippen molar-refractivity contribution in [3.05, 3.63) is 0 Å². The molecule has 0 amide bonds. The Morgan fingerprint density at radius 1 is 1.15 bits per heavy atom. The van der Waals surface area contributed by atoms with E-state index in [9.17, 15) is 4.79 Å². The van der Waals surface area contributed by atoms with Crippen molar-refractivity contribution in [1.29, 1.82) is 0 Å². The maximum Gasteiger partial charge on any atom is 0.241 e. The van der Waals surface area contributed by atoms with E-state index in [4.69, 9.17) is 11.6 Å². The van der Waals surface area contributed by atoms with Crippen molar-refractivity contribution in [2.75, 3.05) is 13.1 Å². The van der Waals surface area contributed by atoms with Crippen LogP contribution in [0.2, 0.25) is 0 Å². The highest BCUT2D eigenvalue weighted by molar-refractivity contribution is 6.65. The lowest BCUT2D eigenvalue weighted by Gasteiger charge is -2.34. The van der Waals surface area contributed by atoms with Crippen LogP contribution in [-0.2, 0) is 4.79 Å². The van der Waals surface area contributed by atoms with Crippen LogP contribution in [0.3, 0.4) is 0 Å². The molecular formula is C10H18ClNO. The van der Waals surface area contributed by atoms with Gasteiger partial charge in [-0.1, -0.05) is 12.8 Å². The van der Waals surface area contributed by atoms with Gasteiger partial charge in [-0.15, -0.1) is 0 Å². The fourth-order valence-corrected chi connectivity index (χ4v) is 1.87. The van der Waals surface area contributed by atoms with Crippen LogP contribution in [0.15, 0.2) is 0 Å². The minimum absolute atomic E-state index is 0.241. The Hall–Kier alpha value is -0.0800. The molecule has 1 aliphatic rings. The highest BCUT2D eigenvalue weighted by atomic mass is 35.5. The van der Waals surface area contributed by atoms with Crippen LogP contribution < -0.4 is 0 Å². The van der Waals surface area contributed by atoms with Gasteiger partial charge in [-0.3, -0.25) is 9.69 Å². The smallest absolute Gasteiger partial charge is 0.241 e. The standard InChI is InChI=1S/C10H18ClNO/c1-10(2,9(11)13)12-7-5-3-4-6-8-12/h3-8H2,1-2H3. The zero-order chi connectivity index (χ0) is 9.90. The van der Waals surface area contributed by atoms with Crippen molar-refractivity contribution >= 4 is 16.8 Å². The van der Waals surface area contributed by atoms with Gasteiger partial charge < -0.3 is 0 Å². The third kappa shape index (κ3) is 2.68. The molecule has 1 rings (SSSR count). The van der Waals surface area contributed by atoms with E-state index in [1.807, 2.05) is 13.8 Å². The fraction of sp³-hybridized carbons (Fsp3) is 0.900. The molecule has 0 atom stereocenters. The van der Waals surface area contributed by atoms with Crippen LogP contribution in [0, 0.1) is 0 Å². The molecule has 0 radical (unpaired) electrons. The third-order valence-electron chi connectivity index (χ3n) is 2.88. The number of nitrogens with zero attached hydrogens (tertiary/aromatic N) is 1. The molecule has 1 saturated heterocycles. The van der Waals surface area contributed by atoms with Crippen LogP contribution in [0.4, 0.5) is 0 Å². The van der Waals surface area contributed by atoms with Gasteiger partial charge in [0.15, 0.2) is 0 Å². The van der Waals surface area contributed by atoms with E-state index in [0.29, 0.717) is 0 Å². The Morgan fingerprint density at radius 3 is 2.00 bits per heavy atom. The van der Waals surface area contributed by atoms with Gasteiger partial charge in [0, 0.05) is 0 Å². The van der Waals surface area contributed by atoms with Gasteiger partial charge in [-0.05, 0) is 51.4 Å². The van der Waals surface area contributed by atoms with E-state index >= 15 is 0 Å². The second-order valence-electron chi connectivity index (χ2n) is 4.23. The summed E-state index contributed by atoms with van der Waals surface area (Å²) in [7, 11) is 0. The molecular weight excluding hydrogens is 186 g/mol. The summed E-state index contributed by atoms with van der Waals surface area (Å²) in [5.74, 6) is 0. The van der Waals surface area contributed by atoms with Crippen LogP contribution in [0.25, 0.3) is 0 Å². The molecule has 0 unspecified atom stereocenters. The predicted octanol–water partition coefficient (Wildman–Crippen LogP) is 2.41. The van der Waals surface area contributed by atoms with E-state index in [1.54, 1.807) is 0 Å². The maximum absolute atomic E-state index is 11.2. The first-order chi connectivity index (χ1) is 6.05. The Labute approximate surface area is 85.2 Å². The molecule has 1 aliphatic heterocycles. The summed E-state index contributed by atoms with van der Waals surface area (Å²) >= 11 is 5.58. The normalized spacial score (nSPS) is 21.2. The number of likely N-dealkylation sites (tertiary alicyclic amines) is 1. The fourth-order valence-electron chi connectivity index (χ4n) is 1.75. The van der Waals surface area contributed by atoms with Crippen LogP contribution >= 0.6 is 11.6 Å². The lowest BCUT2D eigenvalue weighted by atomic mass is 10.0. The number of carbonyl (C=O) groups is 1. The molecule has 2 nitrogen and oxygen atoms in total. The van der Waals surface area contributed by atoms with Crippen molar-refractivity contribution in [3.63, 3.8) is 0 Å². The van der Waals surface area contributed by atoms with E-state index in [0.717, 1.165) is 13.1 Å². The molecule has 0 aromatic heterocycles. The number of hydrogen-bond donors (Lipinski definition) is 0. The summed E-state index contributed by atoms with van der Waals surface area (Å²) in [6, 6.07) is 0. The largest absolute Gasteiger partial charge is 0.290 e. The van der Waals surface area contributed by atoms with E-state index in [1.165, 1.54) is 25.7 Å². The van der Waals surface area contributed by atoms with E-state index < -0.39 is 5.54 Å². The molecule has 1 fully saturated rings. The molecule has 0 saturated carbocycles. The van der Waals surface area contributed by atoms with Crippen molar-refractivity contribution in [3.8, 4) is 0 Å². The molecule has 76 valence electrons. The zero-order valence-electron chi connectivity index (χ0n) is 8.48. The van der Waals surface area contributed by atoms with Gasteiger partial charge in [0.1, 0.15) is 0 Å². The quantitative estimate of drug-likeness (QED) is 0.643. The first kappa shape index (κ1) is 11.0. The molecule has 3 heteroatoms. The van der Waals surface area contributed by atoms with Crippen molar-refractivity contribution < 1.29 is 4.79 Å². The summed E-state index contributed by atoms with van der Waals surface area (Å²) in [5, 5.41) is -0.241. The van der Waals surface area contributed by atoms with Gasteiger partial charge in [0.25, 0.3) is 0 Å². The number of hydrogen-bond acceptors (Lipinski definition) is 2. The number of carbonyl (C=O) groups excluding carboxylic acids is 1. The Balaban J connectivity index is 2.62. The zero-order valence-corrected chi connectivity index (χ0v) is 9.23. The predicted molar refractivity (Wildman–Crippen MR) is 55.0 cm³/mol. The minimum Gasteiger partial charge on any atom is -0.290 e. The average molecular weight is 204 g/mol. The first-order valence-corrected chi connectivity index (χ1v) is 5.38. The molecule has 0 aromatic rings.